The quantitative estimate of drug-likeness (QED) is 0.928. The zero-order valence-electron chi connectivity index (χ0n) is 12.4. The van der Waals surface area contributed by atoms with Crippen molar-refractivity contribution in [2.24, 2.45) is 5.73 Å². The first kappa shape index (κ1) is 14.7. The van der Waals surface area contributed by atoms with Crippen LogP contribution in [0.5, 0.6) is 0 Å². The number of methoxy groups -OCH3 is 1. The van der Waals surface area contributed by atoms with Crippen LogP contribution in [-0.4, -0.2) is 17.3 Å². The molecule has 1 aromatic carbocycles. The fourth-order valence-electron chi connectivity index (χ4n) is 1.93. The molecular formula is C15H21N3O2. The van der Waals surface area contributed by atoms with Crippen molar-refractivity contribution >= 4 is 0 Å². The third-order valence-corrected chi connectivity index (χ3v) is 3.05. The van der Waals surface area contributed by atoms with Crippen molar-refractivity contribution in [1.29, 1.82) is 0 Å². The lowest BCUT2D eigenvalue weighted by Gasteiger charge is -2.13. The minimum Gasteiger partial charge on any atom is -0.380 e. The number of nitrogens with zero attached hydrogens (tertiary/aromatic N) is 2. The van der Waals surface area contributed by atoms with Crippen molar-refractivity contribution in [1.82, 2.24) is 10.1 Å². The molecule has 0 radical (unpaired) electrons. The molecule has 5 nitrogen and oxygen atoms in total. The number of hydrogen-bond acceptors (Lipinski definition) is 5. The summed E-state index contributed by atoms with van der Waals surface area (Å²) >= 11 is 0. The highest BCUT2D eigenvalue weighted by atomic mass is 16.5. The molecule has 5 heteroatoms. The van der Waals surface area contributed by atoms with Gasteiger partial charge in [-0.15, -0.1) is 0 Å². The van der Waals surface area contributed by atoms with E-state index in [9.17, 15) is 0 Å². The summed E-state index contributed by atoms with van der Waals surface area (Å²) in [5, 5.41) is 4.01. The molecule has 2 N–H and O–H groups in total. The van der Waals surface area contributed by atoms with Gasteiger partial charge in [0.1, 0.15) is 0 Å². The van der Waals surface area contributed by atoms with Crippen LogP contribution in [0, 0.1) is 0 Å². The summed E-state index contributed by atoms with van der Waals surface area (Å²) < 4.78 is 10.5. The van der Waals surface area contributed by atoms with Gasteiger partial charge in [0.05, 0.1) is 12.6 Å². The molecule has 0 aliphatic carbocycles. The van der Waals surface area contributed by atoms with E-state index >= 15 is 0 Å². The Morgan fingerprint density at radius 1 is 1.30 bits per heavy atom. The first-order valence-electron chi connectivity index (χ1n) is 6.60. The Balaban J connectivity index is 2.32. The van der Waals surface area contributed by atoms with Crippen molar-refractivity contribution in [2.45, 2.75) is 38.8 Å². The number of rotatable bonds is 4. The minimum atomic E-state index is -0.416. The SMILES string of the molecule is COCc1ccccc1C(N)c1noc(C(C)(C)C)n1. The van der Waals surface area contributed by atoms with E-state index < -0.39 is 6.04 Å². The van der Waals surface area contributed by atoms with E-state index in [2.05, 4.69) is 10.1 Å². The summed E-state index contributed by atoms with van der Waals surface area (Å²) in [6.07, 6.45) is 0. The fraction of sp³-hybridized carbons (Fsp3) is 0.467. The Hall–Kier alpha value is -1.72. The summed E-state index contributed by atoms with van der Waals surface area (Å²) in [5.41, 5.74) is 8.07. The molecule has 1 heterocycles. The molecule has 0 saturated carbocycles. The van der Waals surface area contributed by atoms with Gasteiger partial charge in [0.2, 0.25) is 5.89 Å². The number of nitrogens with two attached hydrogens (primary N) is 1. The second kappa shape index (κ2) is 5.73. The minimum absolute atomic E-state index is 0.184. The second-order valence-corrected chi connectivity index (χ2v) is 5.82. The lowest BCUT2D eigenvalue weighted by molar-refractivity contribution is 0.184. The first-order valence-corrected chi connectivity index (χ1v) is 6.60. The van der Waals surface area contributed by atoms with Gasteiger partial charge in [0, 0.05) is 12.5 Å². The molecule has 1 aromatic heterocycles. The molecule has 1 unspecified atom stereocenters. The lowest BCUT2D eigenvalue weighted by atomic mass is 9.97. The van der Waals surface area contributed by atoms with Crippen molar-refractivity contribution < 1.29 is 9.26 Å². The number of hydrogen-bond donors (Lipinski definition) is 1. The van der Waals surface area contributed by atoms with Crippen LogP contribution in [0.4, 0.5) is 0 Å². The standard InChI is InChI=1S/C15H21N3O2/c1-15(2,3)14-17-13(18-20-14)12(16)11-8-6-5-7-10(11)9-19-4/h5-8,12H,9,16H2,1-4H3. The molecule has 0 aliphatic rings. The first-order chi connectivity index (χ1) is 9.43. The van der Waals surface area contributed by atoms with Gasteiger partial charge in [-0.2, -0.15) is 4.98 Å². The highest BCUT2D eigenvalue weighted by molar-refractivity contribution is 5.32. The van der Waals surface area contributed by atoms with Crippen LogP contribution < -0.4 is 5.73 Å². The van der Waals surface area contributed by atoms with Crippen LogP contribution >= 0.6 is 0 Å². The third kappa shape index (κ3) is 3.05. The van der Waals surface area contributed by atoms with Crippen molar-refractivity contribution in [2.75, 3.05) is 7.11 Å². The molecule has 0 spiro atoms. The maximum Gasteiger partial charge on any atom is 0.232 e. The second-order valence-electron chi connectivity index (χ2n) is 5.82. The zero-order chi connectivity index (χ0) is 14.8. The largest absolute Gasteiger partial charge is 0.380 e. The van der Waals surface area contributed by atoms with Crippen LogP contribution in [0.3, 0.4) is 0 Å². The van der Waals surface area contributed by atoms with Crippen LogP contribution in [0.2, 0.25) is 0 Å². The van der Waals surface area contributed by atoms with Gasteiger partial charge in [0.15, 0.2) is 5.82 Å². The number of benzene rings is 1. The highest BCUT2D eigenvalue weighted by Crippen LogP contribution is 2.25. The van der Waals surface area contributed by atoms with E-state index in [1.807, 2.05) is 45.0 Å². The molecule has 108 valence electrons. The summed E-state index contributed by atoms with van der Waals surface area (Å²) in [6, 6.07) is 7.44. The maximum absolute atomic E-state index is 6.26. The van der Waals surface area contributed by atoms with Gasteiger partial charge in [-0.1, -0.05) is 50.2 Å². The van der Waals surface area contributed by atoms with Crippen LogP contribution in [-0.2, 0) is 16.8 Å². The molecule has 0 fully saturated rings. The van der Waals surface area contributed by atoms with Gasteiger partial charge in [-0.25, -0.2) is 0 Å². The van der Waals surface area contributed by atoms with E-state index in [4.69, 9.17) is 15.0 Å². The van der Waals surface area contributed by atoms with E-state index in [1.165, 1.54) is 0 Å². The van der Waals surface area contributed by atoms with Crippen LogP contribution in [0.1, 0.15) is 49.7 Å². The molecule has 2 rings (SSSR count). The molecule has 0 aliphatic heterocycles. The van der Waals surface area contributed by atoms with E-state index in [0.29, 0.717) is 18.3 Å². The van der Waals surface area contributed by atoms with Crippen LogP contribution in [0.15, 0.2) is 28.8 Å². The Bertz CT molecular complexity index is 572. The average Bonchev–Trinajstić information content (AvgIpc) is 2.88. The lowest BCUT2D eigenvalue weighted by Crippen LogP contribution is -2.17. The summed E-state index contributed by atoms with van der Waals surface area (Å²) in [6.45, 7) is 6.58. The molecule has 0 saturated heterocycles. The smallest absolute Gasteiger partial charge is 0.232 e. The maximum atomic E-state index is 6.26. The van der Waals surface area contributed by atoms with Gasteiger partial charge in [-0.05, 0) is 11.1 Å². The summed E-state index contributed by atoms with van der Waals surface area (Å²) in [5.74, 6) is 1.09. The van der Waals surface area contributed by atoms with Crippen molar-refractivity contribution in [3.8, 4) is 0 Å². The predicted molar refractivity (Wildman–Crippen MR) is 76.2 cm³/mol. The molecule has 20 heavy (non-hydrogen) atoms. The molecule has 0 bridgehead atoms. The summed E-state index contributed by atoms with van der Waals surface area (Å²) in [7, 11) is 1.66. The van der Waals surface area contributed by atoms with Crippen molar-refractivity contribution in [3.05, 3.63) is 47.1 Å². The van der Waals surface area contributed by atoms with Crippen molar-refractivity contribution in [3.63, 3.8) is 0 Å². The van der Waals surface area contributed by atoms with Gasteiger partial charge in [0.25, 0.3) is 0 Å². The van der Waals surface area contributed by atoms with E-state index in [-0.39, 0.29) is 5.41 Å². The number of aromatic nitrogens is 2. The normalized spacial score (nSPS) is 13.4. The highest BCUT2D eigenvalue weighted by Gasteiger charge is 2.25. The average molecular weight is 275 g/mol. The molecule has 2 aromatic rings. The Labute approximate surface area is 119 Å². The van der Waals surface area contributed by atoms with Crippen LogP contribution in [0.25, 0.3) is 0 Å². The fourth-order valence-corrected chi connectivity index (χ4v) is 1.93. The van der Waals surface area contributed by atoms with E-state index in [1.54, 1.807) is 7.11 Å². The zero-order valence-corrected chi connectivity index (χ0v) is 12.4. The van der Waals surface area contributed by atoms with Gasteiger partial charge >= 0.3 is 0 Å². The Morgan fingerprint density at radius 3 is 2.60 bits per heavy atom. The van der Waals surface area contributed by atoms with Gasteiger partial charge in [-0.3, -0.25) is 0 Å². The monoisotopic (exact) mass is 275 g/mol. The molecule has 0 amide bonds. The number of ether oxygens (including phenoxy) is 1. The Kier molecular flexibility index (Phi) is 4.20. The van der Waals surface area contributed by atoms with E-state index in [0.717, 1.165) is 11.1 Å². The molecule has 1 atom stereocenters. The Morgan fingerprint density at radius 2 is 2.00 bits per heavy atom. The third-order valence-electron chi connectivity index (χ3n) is 3.05. The predicted octanol–water partition coefficient (Wildman–Crippen LogP) is 2.56. The summed E-state index contributed by atoms with van der Waals surface area (Å²) in [4.78, 5) is 4.42. The van der Waals surface area contributed by atoms with Gasteiger partial charge < -0.3 is 15.0 Å². The topological polar surface area (TPSA) is 74.2 Å². The molecular weight excluding hydrogens is 254 g/mol.